The monoisotopic (exact) mass is 292 g/mol. The molecule has 0 saturated carbocycles. The van der Waals surface area contributed by atoms with Crippen LogP contribution in [0.1, 0.15) is 19.0 Å². The van der Waals surface area contributed by atoms with Crippen molar-refractivity contribution in [2.75, 3.05) is 0 Å². The highest BCUT2D eigenvalue weighted by Crippen LogP contribution is 2.28. The van der Waals surface area contributed by atoms with E-state index in [0.29, 0.717) is 5.88 Å². The van der Waals surface area contributed by atoms with Crippen LogP contribution in [-0.4, -0.2) is 9.97 Å². The summed E-state index contributed by atoms with van der Waals surface area (Å²) in [5, 5.41) is 0. The van der Waals surface area contributed by atoms with Crippen molar-refractivity contribution in [1.29, 1.82) is 0 Å². The topological polar surface area (TPSA) is 35.0 Å². The number of ether oxygens (including phenoxy) is 1. The quantitative estimate of drug-likeness (QED) is 0.855. The zero-order chi connectivity index (χ0) is 12.1. The molecule has 1 aromatic carbocycles. The summed E-state index contributed by atoms with van der Waals surface area (Å²) in [5.74, 6) is 1.34. The van der Waals surface area contributed by atoms with Crippen molar-refractivity contribution in [2.24, 2.45) is 0 Å². The van der Waals surface area contributed by atoms with Crippen molar-refractivity contribution in [3.63, 3.8) is 0 Å². The van der Waals surface area contributed by atoms with Crippen LogP contribution in [0.2, 0.25) is 0 Å². The molecule has 0 aliphatic rings. The SMILES string of the molecule is CCCc1cc(Oc2ccccc2Br)ncn1. The molecule has 1 heterocycles. The van der Waals surface area contributed by atoms with E-state index in [1.54, 1.807) is 0 Å². The van der Waals surface area contributed by atoms with Crippen LogP contribution in [0, 0.1) is 0 Å². The molecule has 17 heavy (non-hydrogen) atoms. The van der Waals surface area contributed by atoms with Crippen molar-refractivity contribution in [1.82, 2.24) is 9.97 Å². The van der Waals surface area contributed by atoms with Crippen LogP contribution >= 0.6 is 15.9 Å². The summed E-state index contributed by atoms with van der Waals surface area (Å²) in [4.78, 5) is 8.29. The number of aromatic nitrogens is 2. The van der Waals surface area contributed by atoms with E-state index in [1.165, 1.54) is 6.33 Å². The van der Waals surface area contributed by atoms with Gasteiger partial charge in [-0.05, 0) is 34.5 Å². The third-order valence-electron chi connectivity index (χ3n) is 2.26. The Hall–Kier alpha value is -1.42. The lowest BCUT2D eigenvalue weighted by atomic mass is 10.2. The summed E-state index contributed by atoms with van der Waals surface area (Å²) in [6.07, 6.45) is 3.54. The molecule has 2 aromatic rings. The Kier molecular flexibility index (Phi) is 4.09. The predicted octanol–water partition coefficient (Wildman–Crippen LogP) is 3.98. The van der Waals surface area contributed by atoms with Gasteiger partial charge in [0.2, 0.25) is 5.88 Å². The number of nitrogens with zero attached hydrogens (tertiary/aromatic N) is 2. The molecule has 0 bridgehead atoms. The molecule has 2 rings (SSSR count). The zero-order valence-electron chi connectivity index (χ0n) is 9.56. The molecule has 1 aromatic heterocycles. The Morgan fingerprint density at radius 2 is 2.06 bits per heavy atom. The fourth-order valence-corrected chi connectivity index (χ4v) is 1.83. The van der Waals surface area contributed by atoms with Crippen LogP contribution in [0.5, 0.6) is 11.6 Å². The number of para-hydroxylation sites is 1. The van der Waals surface area contributed by atoms with Crippen LogP contribution in [0.25, 0.3) is 0 Å². The maximum absolute atomic E-state index is 5.70. The largest absolute Gasteiger partial charge is 0.438 e. The van der Waals surface area contributed by atoms with Gasteiger partial charge in [-0.25, -0.2) is 9.97 Å². The first-order chi connectivity index (χ1) is 8.29. The van der Waals surface area contributed by atoms with Crippen molar-refractivity contribution >= 4 is 15.9 Å². The van der Waals surface area contributed by atoms with E-state index >= 15 is 0 Å². The van der Waals surface area contributed by atoms with E-state index in [1.807, 2.05) is 30.3 Å². The summed E-state index contributed by atoms with van der Waals surface area (Å²) >= 11 is 3.43. The van der Waals surface area contributed by atoms with E-state index in [0.717, 1.165) is 28.8 Å². The van der Waals surface area contributed by atoms with Crippen LogP contribution in [-0.2, 0) is 6.42 Å². The van der Waals surface area contributed by atoms with Gasteiger partial charge in [-0.2, -0.15) is 0 Å². The van der Waals surface area contributed by atoms with E-state index < -0.39 is 0 Å². The lowest BCUT2D eigenvalue weighted by molar-refractivity contribution is 0.457. The van der Waals surface area contributed by atoms with E-state index in [-0.39, 0.29) is 0 Å². The normalized spacial score (nSPS) is 10.2. The second-order valence-corrected chi connectivity index (χ2v) is 4.48. The van der Waals surface area contributed by atoms with Crippen molar-refractivity contribution in [3.05, 3.63) is 46.8 Å². The van der Waals surface area contributed by atoms with Gasteiger partial charge in [0, 0.05) is 11.8 Å². The Balaban J connectivity index is 2.18. The first-order valence-electron chi connectivity index (χ1n) is 5.53. The van der Waals surface area contributed by atoms with Gasteiger partial charge < -0.3 is 4.74 Å². The molecule has 0 N–H and O–H groups in total. The molecule has 0 saturated heterocycles. The minimum atomic E-state index is 0.579. The maximum Gasteiger partial charge on any atom is 0.222 e. The molecular formula is C13H13BrN2O. The average Bonchev–Trinajstić information content (AvgIpc) is 2.33. The maximum atomic E-state index is 5.70. The fraction of sp³-hybridized carbons (Fsp3) is 0.231. The smallest absolute Gasteiger partial charge is 0.222 e. The Labute approximate surface area is 109 Å². The van der Waals surface area contributed by atoms with E-state index in [4.69, 9.17) is 4.74 Å². The number of halogens is 1. The first-order valence-corrected chi connectivity index (χ1v) is 6.32. The molecule has 0 unspecified atom stereocenters. The molecule has 0 fully saturated rings. The van der Waals surface area contributed by atoms with Crippen LogP contribution in [0.15, 0.2) is 41.1 Å². The van der Waals surface area contributed by atoms with Crippen molar-refractivity contribution < 1.29 is 4.74 Å². The van der Waals surface area contributed by atoms with Gasteiger partial charge in [-0.1, -0.05) is 25.5 Å². The average molecular weight is 293 g/mol. The molecule has 0 atom stereocenters. The summed E-state index contributed by atoms with van der Waals surface area (Å²) in [7, 11) is 0. The van der Waals surface area contributed by atoms with Gasteiger partial charge in [0.25, 0.3) is 0 Å². The molecular weight excluding hydrogens is 280 g/mol. The zero-order valence-corrected chi connectivity index (χ0v) is 11.1. The van der Waals surface area contributed by atoms with Gasteiger partial charge in [-0.3, -0.25) is 0 Å². The van der Waals surface area contributed by atoms with E-state index in [2.05, 4.69) is 32.8 Å². The molecule has 0 aliphatic heterocycles. The molecule has 0 aliphatic carbocycles. The third-order valence-corrected chi connectivity index (χ3v) is 2.91. The molecule has 3 nitrogen and oxygen atoms in total. The second kappa shape index (κ2) is 5.77. The minimum absolute atomic E-state index is 0.579. The highest BCUT2D eigenvalue weighted by molar-refractivity contribution is 9.10. The minimum Gasteiger partial charge on any atom is -0.438 e. The highest BCUT2D eigenvalue weighted by Gasteiger charge is 2.03. The third kappa shape index (κ3) is 3.27. The van der Waals surface area contributed by atoms with E-state index in [9.17, 15) is 0 Å². The Morgan fingerprint density at radius 3 is 2.82 bits per heavy atom. The summed E-state index contributed by atoms with van der Waals surface area (Å²) < 4.78 is 6.61. The molecule has 0 radical (unpaired) electrons. The lowest BCUT2D eigenvalue weighted by Crippen LogP contribution is -1.94. The number of hydrogen-bond donors (Lipinski definition) is 0. The number of aryl methyl sites for hydroxylation is 1. The van der Waals surface area contributed by atoms with Crippen LogP contribution < -0.4 is 4.74 Å². The molecule has 0 spiro atoms. The van der Waals surface area contributed by atoms with Gasteiger partial charge in [-0.15, -0.1) is 0 Å². The second-order valence-electron chi connectivity index (χ2n) is 3.63. The van der Waals surface area contributed by atoms with Gasteiger partial charge in [0.15, 0.2) is 0 Å². The highest BCUT2D eigenvalue weighted by atomic mass is 79.9. The molecule has 4 heteroatoms. The number of hydrogen-bond acceptors (Lipinski definition) is 3. The fourth-order valence-electron chi connectivity index (χ4n) is 1.47. The van der Waals surface area contributed by atoms with Gasteiger partial charge >= 0.3 is 0 Å². The Bertz CT molecular complexity index is 502. The summed E-state index contributed by atoms with van der Waals surface area (Å²) in [5.41, 5.74) is 1.00. The van der Waals surface area contributed by atoms with Crippen LogP contribution in [0.3, 0.4) is 0 Å². The van der Waals surface area contributed by atoms with Crippen molar-refractivity contribution in [2.45, 2.75) is 19.8 Å². The summed E-state index contributed by atoms with van der Waals surface area (Å²) in [6, 6.07) is 9.58. The summed E-state index contributed by atoms with van der Waals surface area (Å²) in [6.45, 7) is 2.12. The number of rotatable bonds is 4. The standard InChI is InChI=1S/C13H13BrN2O/c1-2-5-10-8-13(16-9-15-10)17-12-7-4-3-6-11(12)14/h3-4,6-9H,2,5H2,1H3. The molecule has 0 amide bonds. The molecule has 88 valence electrons. The predicted molar refractivity (Wildman–Crippen MR) is 70.2 cm³/mol. The van der Waals surface area contributed by atoms with Crippen molar-refractivity contribution in [3.8, 4) is 11.6 Å². The number of benzene rings is 1. The van der Waals surface area contributed by atoms with Gasteiger partial charge in [0.1, 0.15) is 12.1 Å². The first kappa shape index (κ1) is 12.0. The van der Waals surface area contributed by atoms with Gasteiger partial charge in [0.05, 0.1) is 4.47 Å². The van der Waals surface area contributed by atoms with Crippen LogP contribution in [0.4, 0.5) is 0 Å². The Morgan fingerprint density at radius 1 is 1.24 bits per heavy atom. The lowest BCUT2D eigenvalue weighted by Gasteiger charge is -2.07.